The molecule has 0 aliphatic carbocycles. The number of aryl methyl sites for hydroxylation is 2. The summed E-state index contributed by atoms with van der Waals surface area (Å²) in [4.78, 5) is 14.6. The van der Waals surface area contributed by atoms with Gasteiger partial charge in [0.25, 0.3) is 0 Å². The molecule has 0 radical (unpaired) electrons. The highest BCUT2D eigenvalue weighted by molar-refractivity contribution is 5.81. The normalized spacial score (nSPS) is 12.1. The number of carbonyl (C=O) groups is 1. The lowest BCUT2D eigenvalue weighted by atomic mass is 9.97. The lowest BCUT2D eigenvalue weighted by molar-refractivity contribution is -0.133. The van der Waals surface area contributed by atoms with Gasteiger partial charge in [-0.2, -0.15) is 0 Å². The molecule has 0 bridgehead atoms. The Morgan fingerprint density at radius 3 is 1.81 bits per heavy atom. The Balaban J connectivity index is 2.01. The number of rotatable bonds is 11. The van der Waals surface area contributed by atoms with E-state index in [-0.39, 0.29) is 11.9 Å². The molecule has 2 aromatic rings. The molecule has 0 aromatic heterocycles. The van der Waals surface area contributed by atoms with Crippen molar-refractivity contribution < 1.29 is 4.79 Å². The lowest BCUT2D eigenvalue weighted by Gasteiger charge is -2.31. The summed E-state index contributed by atoms with van der Waals surface area (Å²) in [5, 5.41) is 0. The minimum Gasteiger partial charge on any atom is -0.341 e. The van der Waals surface area contributed by atoms with Crippen LogP contribution in [0.15, 0.2) is 60.7 Å². The zero-order valence-corrected chi connectivity index (χ0v) is 16.4. The van der Waals surface area contributed by atoms with E-state index in [2.05, 4.69) is 48.5 Å². The van der Waals surface area contributed by atoms with Gasteiger partial charge in [0, 0.05) is 13.1 Å². The Bertz CT molecular complexity index is 616. The SMILES string of the molecule is CN(C(=O)[C@@H](N)CCCN)C(CCc1ccccc1)CCc1ccccc1. The molecule has 0 heterocycles. The summed E-state index contributed by atoms with van der Waals surface area (Å²) in [6.07, 6.45) is 5.19. The van der Waals surface area contributed by atoms with E-state index in [0.717, 1.165) is 32.1 Å². The van der Waals surface area contributed by atoms with Crippen LogP contribution in [-0.2, 0) is 17.6 Å². The molecule has 2 aromatic carbocycles. The van der Waals surface area contributed by atoms with E-state index in [1.54, 1.807) is 0 Å². The van der Waals surface area contributed by atoms with Crippen LogP contribution in [0.3, 0.4) is 0 Å². The predicted octanol–water partition coefficient (Wildman–Crippen LogP) is 3.15. The monoisotopic (exact) mass is 367 g/mol. The fourth-order valence-electron chi connectivity index (χ4n) is 3.39. The van der Waals surface area contributed by atoms with Crippen LogP contribution >= 0.6 is 0 Å². The van der Waals surface area contributed by atoms with Gasteiger partial charge in [-0.3, -0.25) is 4.79 Å². The van der Waals surface area contributed by atoms with Crippen molar-refractivity contribution in [2.24, 2.45) is 11.5 Å². The van der Waals surface area contributed by atoms with Crippen molar-refractivity contribution in [3.63, 3.8) is 0 Å². The smallest absolute Gasteiger partial charge is 0.239 e. The Morgan fingerprint density at radius 1 is 0.889 bits per heavy atom. The number of carbonyl (C=O) groups excluding carboxylic acids is 1. The molecule has 2 rings (SSSR count). The average Bonchev–Trinajstić information content (AvgIpc) is 2.72. The molecule has 0 unspecified atom stereocenters. The molecular formula is C23H33N3O. The number of hydrogen-bond acceptors (Lipinski definition) is 3. The third-order valence-corrected chi connectivity index (χ3v) is 5.15. The molecule has 0 saturated carbocycles. The first-order valence-electron chi connectivity index (χ1n) is 9.92. The zero-order valence-electron chi connectivity index (χ0n) is 16.4. The first-order chi connectivity index (χ1) is 13.1. The molecule has 4 nitrogen and oxygen atoms in total. The van der Waals surface area contributed by atoms with Gasteiger partial charge in [-0.25, -0.2) is 0 Å². The maximum Gasteiger partial charge on any atom is 0.239 e. The van der Waals surface area contributed by atoms with Crippen molar-refractivity contribution >= 4 is 5.91 Å². The van der Waals surface area contributed by atoms with E-state index in [1.165, 1.54) is 11.1 Å². The van der Waals surface area contributed by atoms with E-state index in [0.29, 0.717) is 13.0 Å². The maximum atomic E-state index is 12.8. The highest BCUT2D eigenvalue weighted by atomic mass is 16.2. The number of benzene rings is 2. The number of amides is 1. The third kappa shape index (κ3) is 7.16. The topological polar surface area (TPSA) is 72.3 Å². The molecule has 1 amide bonds. The van der Waals surface area contributed by atoms with Gasteiger partial charge < -0.3 is 16.4 Å². The van der Waals surface area contributed by atoms with Crippen LogP contribution in [0.4, 0.5) is 0 Å². The van der Waals surface area contributed by atoms with Crippen LogP contribution in [0, 0.1) is 0 Å². The number of nitrogens with zero attached hydrogens (tertiary/aromatic N) is 1. The molecular weight excluding hydrogens is 334 g/mol. The van der Waals surface area contributed by atoms with Crippen molar-refractivity contribution in [2.45, 2.75) is 50.6 Å². The Hall–Kier alpha value is -2.17. The van der Waals surface area contributed by atoms with Gasteiger partial charge in [-0.15, -0.1) is 0 Å². The molecule has 0 aliphatic rings. The summed E-state index contributed by atoms with van der Waals surface area (Å²) >= 11 is 0. The summed E-state index contributed by atoms with van der Waals surface area (Å²) in [5.74, 6) is 0.0228. The molecule has 4 N–H and O–H groups in total. The van der Waals surface area contributed by atoms with Crippen LogP contribution < -0.4 is 11.5 Å². The number of likely N-dealkylation sites (N-methyl/N-ethyl adjacent to an activating group) is 1. The quantitative estimate of drug-likeness (QED) is 0.641. The second-order valence-electron chi connectivity index (χ2n) is 7.19. The van der Waals surface area contributed by atoms with Gasteiger partial charge in [0.2, 0.25) is 5.91 Å². The van der Waals surface area contributed by atoms with E-state index < -0.39 is 6.04 Å². The standard InChI is InChI=1S/C23H33N3O/c1-26(23(27)22(25)13-8-18-24)21(16-14-19-9-4-2-5-10-19)17-15-20-11-6-3-7-12-20/h2-7,9-12,21-22H,8,13-18,24-25H2,1H3/t22-/m0/s1. The fraction of sp³-hybridized carbons (Fsp3) is 0.435. The summed E-state index contributed by atoms with van der Waals surface area (Å²) in [6, 6.07) is 20.6. The van der Waals surface area contributed by atoms with Gasteiger partial charge in [-0.05, 0) is 56.2 Å². The molecule has 4 heteroatoms. The zero-order chi connectivity index (χ0) is 19.5. The van der Waals surface area contributed by atoms with E-state index in [1.807, 2.05) is 24.1 Å². The van der Waals surface area contributed by atoms with E-state index in [9.17, 15) is 4.79 Å². The van der Waals surface area contributed by atoms with Crippen LogP contribution in [0.2, 0.25) is 0 Å². The van der Waals surface area contributed by atoms with E-state index >= 15 is 0 Å². The summed E-state index contributed by atoms with van der Waals surface area (Å²) < 4.78 is 0. The molecule has 146 valence electrons. The van der Waals surface area contributed by atoms with Crippen LogP contribution in [0.5, 0.6) is 0 Å². The molecule has 27 heavy (non-hydrogen) atoms. The number of nitrogens with two attached hydrogens (primary N) is 2. The van der Waals surface area contributed by atoms with Gasteiger partial charge >= 0.3 is 0 Å². The predicted molar refractivity (Wildman–Crippen MR) is 112 cm³/mol. The van der Waals surface area contributed by atoms with Crippen molar-refractivity contribution in [3.05, 3.63) is 71.8 Å². The van der Waals surface area contributed by atoms with Crippen LogP contribution in [-0.4, -0.2) is 36.5 Å². The van der Waals surface area contributed by atoms with Crippen molar-refractivity contribution in [2.75, 3.05) is 13.6 Å². The van der Waals surface area contributed by atoms with Crippen LogP contribution in [0.1, 0.15) is 36.8 Å². The maximum absolute atomic E-state index is 12.8. The lowest BCUT2D eigenvalue weighted by Crippen LogP contribution is -2.47. The number of hydrogen-bond donors (Lipinski definition) is 2. The second kappa shape index (κ2) is 11.5. The highest BCUT2D eigenvalue weighted by Crippen LogP contribution is 2.17. The fourth-order valence-corrected chi connectivity index (χ4v) is 3.39. The minimum absolute atomic E-state index is 0.0228. The van der Waals surface area contributed by atoms with E-state index in [4.69, 9.17) is 11.5 Å². The molecule has 0 fully saturated rings. The minimum atomic E-state index is -0.463. The Labute approximate surface area is 163 Å². The van der Waals surface area contributed by atoms with Crippen molar-refractivity contribution in [1.82, 2.24) is 4.90 Å². The average molecular weight is 368 g/mol. The second-order valence-corrected chi connectivity index (χ2v) is 7.19. The Kier molecular flexibility index (Phi) is 9.02. The van der Waals surface area contributed by atoms with Gasteiger partial charge in [0.05, 0.1) is 6.04 Å². The molecule has 1 atom stereocenters. The Morgan fingerprint density at radius 2 is 1.37 bits per heavy atom. The van der Waals surface area contributed by atoms with Gasteiger partial charge in [0.15, 0.2) is 0 Å². The molecule has 0 saturated heterocycles. The summed E-state index contributed by atoms with van der Waals surface area (Å²) in [6.45, 7) is 0.566. The van der Waals surface area contributed by atoms with Gasteiger partial charge in [-0.1, -0.05) is 60.7 Å². The highest BCUT2D eigenvalue weighted by Gasteiger charge is 2.24. The first-order valence-corrected chi connectivity index (χ1v) is 9.92. The van der Waals surface area contributed by atoms with Crippen molar-refractivity contribution in [1.29, 1.82) is 0 Å². The third-order valence-electron chi connectivity index (χ3n) is 5.15. The summed E-state index contributed by atoms with van der Waals surface area (Å²) in [7, 11) is 1.89. The molecule has 0 spiro atoms. The largest absolute Gasteiger partial charge is 0.341 e. The molecule has 0 aliphatic heterocycles. The first kappa shape index (κ1) is 21.1. The van der Waals surface area contributed by atoms with Crippen molar-refractivity contribution in [3.8, 4) is 0 Å². The van der Waals surface area contributed by atoms with Crippen LogP contribution in [0.25, 0.3) is 0 Å². The van der Waals surface area contributed by atoms with Gasteiger partial charge in [0.1, 0.15) is 0 Å². The summed E-state index contributed by atoms with van der Waals surface area (Å²) in [5.41, 5.74) is 14.3.